The SMILES string of the molecule is CCCNC1CCC2(CC1Sc1nnc(C)s1)OCCO2. The van der Waals surface area contributed by atoms with Crippen LogP contribution in [0.25, 0.3) is 0 Å². The van der Waals surface area contributed by atoms with Crippen LogP contribution in [0.15, 0.2) is 4.34 Å². The number of nitrogens with zero attached hydrogens (tertiary/aromatic N) is 2. The highest BCUT2D eigenvalue weighted by Crippen LogP contribution is 2.43. The zero-order valence-electron chi connectivity index (χ0n) is 12.6. The summed E-state index contributed by atoms with van der Waals surface area (Å²) in [6.45, 7) is 6.72. The normalized spacial score (nSPS) is 28.3. The Bertz CT molecular complexity index is 463. The molecule has 7 heteroatoms. The number of rotatable bonds is 5. The van der Waals surface area contributed by atoms with Crippen molar-refractivity contribution in [3.05, 3.63) is 5.01 Å². The zero-order valence-corrected chi connectivity index (χ0v) is 14.3. The van der Waals surface area contributed by atoms with Crippen molar-refractivity contribution < 1.29 is 9.47 Å². The van der Waals surface area contributed by atoms with Gasteiger partial charge in [0.25, 0.3) is 0 Å². The van der Waals surface area contributed by atoms with Gasteiger partial charge in [-0.2, -0.15) is 0 Å². The fourth-order valence-corrected chi connectivity index (χ4v) is 5.44. The molecule has 1 saturated carbocycles. The lowest BCUT2D eigenvalue weighted by atomic mass is 9.89. The van der Waals surface area contributed by atoms with Crippen LogP contribution in [0.3, 0.4) is 0 Å². The van der Waals surface area contributed by atoms with Gasteiger partial charge in [-0.25, -0.2) is 0 Å². The monoisotopic (exact) mass is 329 g/mol. The lowest BCUT2D eigenvalue weighted by Gasteiger charge is -2.40. The molecule has 2 atom stereocenters. The average Bonchev–Trinajstić information content (AvgIpc) is 3.08. The number of hydrogen-bond acceptors (Lipinski definition) is 7. The van der Waals surface area contributed by atoms with E-state index in [0.29, 0.717) is 11.3 Å². The number of hydrogen-bond donors (Lipinski definition) is 1. The molecule has 0 bridgehead atoms. The maximum absolute atomic E-state index is 5.91. The predicted molar refractivity (Wildman–Crippen MR) is 84.9 cm³/mol. The van der Waals surface area contributed by atoms with Gasteiger partial charge in [-0.1, -0.05) is 30.0 Å². The van der Waals surface area contributed by atoms with Crippen molar-refractivity contribution >= 4 is 23.1 Å². The van der Waals surface area contributed by atoms with Gasteiger partial charge in [0.1, 0.15) is 5.01 Å². The quantitative estimate of drug-likeness (QED) is 0.896. The van der Waals surface area contributed by atoms with Crippen LogP contribution in [0.5, 0.6) is 0 Å². The molecule has 2 heterocycles. The maximum atomic E-state index is 5.91. The van der Waals surface area contributed by atoms with Crippen LogP contribution in [-0.2, 0) is 9.47 Å². The van der Waals surface area contributed by atoms with Gasteiger partial charge in [-0.05, 0) is 26.3 Å². The summed E-state index contributed by atoms with van der Waals surface area (Å²) < 4.78 is 12.9. The van der Waals surface area contributed by atoms with E-state index in [1.807, 2.05) is 18.7 Å². The molecule has 1 aliphatic carbocycles. The van der Waals surface area contributed by atoms with Crippen LogP contribution in [0.4, 0.5) is 0 Å². The van der Waals surface area contributed by atoms with E-state index < -0.39 is 0 Å². The predicted octanol–water partition coefficient (Wildman–Crippen LogP) is 2.60. The van der Waals surface area contributed by atoms with Crippen LogP contribution in [0.2, 0.25) is 0 Å². The van der Waals surface area contributed by atoms with Gasteiger partial charge in [-0.15, -0.1) is 10.2 Å². The fourth-order valence-electron chi connectivity index (χ4n) is 3.01. The largest absolute Gasteiger partial charge is 0.347 e. The number of thioether (sulfide) groups is 1. The van der Waals surface area contributed by atoms with E-state index in [-0.39, 0.29) is 5.79 Å². The third-order valence-electron chi connectivity index (χ3n) is 4.03. The van der Waals surface area contributed by atoms with Gasteiger partial charge in [0.2, 0.25) is 0 Å². The molecular formula is C14H23N3O2S2. The zero-order chi connectivity index (χ0) is 14.7. The van der Waals surface area contributed by atoms with Crippen LogP contribution >= 0.6 is 23.1 Å². The summed E-state index contributed by atoms with van der Waals surface area (Å²) in [7, 11) is 0. The van der Waals surface area contributed by atoms with Crippen molar-refractivity contribution in [1.82, 2.24) is 15.5 Å². The summed E-state index contributed by atoms with van der Waals surface area (Å²) in [5.41, 5.74) is 0. The van der Waals surface area contributed by atoms with Crippen LogP contribution in [0, 0.1) is 6.92 Å². The minimum Gasteiger partial charge on any atom is -0.347 e. The summed E-state index contributed by atoms with van der Waals surface area (Å²) >= 11 is 3.50. The molecule has 1 N–H and O–H groups in total. The Morgan fingerprint density at radius 1 is 1.38 bits per heavy atom. The maximum Gasteiger partial charge on any atom is 0.174 e. The molecule has 2 unspecified atom stereocenters. The van der Waals surface area contributed by atoms with Crippen LogP contribution < -0.4 is 5.32 Å². The highest BCUT2D eigenvalue weighted by atomic mass is 32.2. The first-order valence-corrected chi connectivity index (χ1v) is 9.38. The standard InChI is InChI=1S/C14H23N3O2S2/c1-3-6-15-11-4-5-14(18-7-8-19-14)9-12(11)21-13-17-16-10(2)20-13/h11-12,15H,3-9H2,1-2H3. The molecule has 5 nitrogen and oxygen atoms in total. The van der Waals surface area contributed by atoms with Crippen LogP contribution in [-0.4, -0.2) is 47.0 Å². The first-order chi connectivity index (χ1) is 10.2. The summed E-state index contributed by atoms with van der Waals surface area (Å²) in [6, 6.07) is 0.498. The van der Waals surface area contributed by atoms with E-state index in [0.717, 1.165) is 54.8 Å². The van der Waals surface area contributed by atoms with Gasteiger partial charge < -0.3 is 14.8 Å². The Morgan fingerprint density at radius 3 is 2.86 bits per heavy atom. The van der Waals surface area contributed by atoms with E-state index in [1.54, 1.807) is 11.3 Å². The lowest BCUT2D eigenvalue weighted by molar-refractivity contribution is -0.178. The fraction of sp³-hybridized carbons (Fsp3) is 0.857. The average molecular weight is 329 g/mol. The Labute approximate surface area is 134 Å². The molecule has 1 spiro atoms. The smallest absolute Gasteiger partial charge is 0.174 e. The molecule has 21 heavy (non-hydrogen) atoms. The second-order valence-corrected chi connectivity index (χ2v) is 8.32. The summed E-state index contributed by atoms with van der Waals surface area (Å²) in [4.78, 5) is 0. The van der Waals surface area contributed by atoms with E-state index in [9.17, 15) is 0 Å². The molecule has 118 valence electrons. The van der Waals surface area contributed by atoms with E-state index in [1.165, 1.54) is 0 Å². The topological polar surface area (TPSA) is 56.3 Å². The van der Waals surface area contributed by atoms with E-state index in [2.05, 4.69) is 22.4 Å². The number of nitrogens with one attached hydrogen (secondary N) is 1. The van der Waals surface area contributed by atoms with E-state index >= 15 is 0 Å². The molecular weight excluding hydrogens is 306 g/mol. The van der Waals surface area contributed by atoms with Crippen molar-refractivity contribution in [2.45, 2.75) is 60.9 Å². The molecule has 0 amide bonds. The first-order valence-electron chi connectivity index (χ1n) is 7.69. The number of ether oxygens (including phenoxy) is 2. The van der Waals surface area contributed by atoms with Crippen molar-refractivity contribution in [2.24, 2.45) is 0 Å². The first kappa shape index (κ1) is 15.7. The van der Waals surface area contributed by atoms with E-state index in [4.69, 9.17) is 9.47 Å². The second-order valence-electron chi connectivity index (χ2n) is 5.65. The van der Waals surface area contributed by atoms with Gasteiger partial charge in [0.05, 0.1) is 13.2 Å². The molecule has 1 aromatic heterocycles. The molecule has 0 radical (unpaired) electrons. The molecule has 3 rings (SSSR count). The minimum atomic E-state index is -0.345. The van der Waals surface area contributed by atoms with Gasteiger partial charge >= 0.3 is 0 Å². The Kier molecular flexibility index (Phi) is 5.16. The Morgan fingerprint density at radius 2 is 2.19 bits per heavy atom. The summed E-state index contributed by atoms with van der Waals surface area (Å²) in [6.07, 6.45) is 4.16. The van der Waals surface area contributed by atoms with Gasteiger partial charge in [0.15, 0.2) is 10.1 Å². The highest BCUT2D eigenvalue weighted by molar-refractivity contribution is 8.01. The summed E-state index contributed by atoms with van der Waals surface area (Å²) in [5.74, 6) is -0.345. The molecule has 2 fully saturated rings. The molecule has 2 aliphatic rings. The van der Waals surface area contributed by atoms with Crippen molar-refractivity contribution in [1.29, 1.82) is 0 Å². The second kappa shape index (κ2) is 6.91. The summed E-state index contributed by atoms with van der Waals surface area (Å²) in [5, 5.41) is 13.5. The molecule has 1 aromatic rings. The minimum absolute atomic E-state index is 0.345. The molecule has 0 aromatic carbocycles. The highest BCUT2D eigenvalue weighted by Gasteiger charge is 2.45. The number of aryl methyl sites for hydroxylation is 1. The van der Waals surface area contributed by atoms with Gasteiger partial charge in [0, 0.05) is 24.1 Å². The van der Waals surface area contributed by atoms with Gasteiger partial charge in [-0.3, -0.25) is 0 Å². The third kappa shape index (κ3) is 3.76. The molecule has 1 aliphatic heterocycles. The Balaban J connectivity index is 1.69. The third-order valence-corrected chi connectivity index (χ3v) is 6.28. The van der Waals surface area contributed by atoms with Crippen molar-refractivity contribution in [3.63, 3.8) is 0 Å². The Hall–Kier alpha value is -0.210. The lowest BCUT2D eigenvalue weighted by Crippen LogP contribution is -2.49. The van der Waals surface area contributed by atoms with Crippen molar-refractivity contribution in [3.8, 4) is 0 Å². The van der Waals surface area contributed by atoms with Crippen LogP contribution in [0.1, 0.15) is 37.6 Å². The molecule has 1 saturated heterocycles. The number of aromatic nitrogens is 2. The van der Waals surface area contributed by atoms with Crippen molar-refractivity contribution in [2.75, 3.05) is 19.8 Å².